The number of hydrogen-bond acceptors (Lipinski definition) is 7. The predicted octanol–water partition coefficient (Wildman–Crippen LogP) is 2.93. The van der Waals surface area contributed by atoms with Crippen molar-refractivity contribution in [2.75, 3.05) is 5.43 Å². The minimum absolute atomic E-state index is 0.0681. The molecule has 1 aromatic carbocycles. The lowest BCUT2D eigenvalue weighted by Gasteiger charge is -2.01. The molecule has 0 radical (unpaired) electrons. The molecule has 0 saturated carbocycles. The number of furan rings is 1. The van der Waals surface area contributed by atoms with Crippen LogP contribution in [0.15, 0.2) is 45.9 Å². The topological polar surface area (TPSA) is 124 Å². The molecule has 0 atom stereocenters. The van der Waals surface area contributed by atoms with Crippen molar-refractivity contribution >= 4 is 23.0 Å². The van der Waals surface area contributed by atoms with Gasteiger partial charge in [-0.15, -0.1) is 0 Å². The van der Waals surface area contributed by atoms with Crippen molar-refractivity contribution in [3.05, 3.63) is 62.4 Å². The molecule has 1 N–H and O–H groups in total. The first-order chi connectivity index (χ1) is 9.97. The Hall–Kier alpha value is -3.23. The molecule has 1 aromatic heterocycles. The van der Waals surface area contributed by atoms with Crippen molar-refractivity contribution in [1.82, 2.24) is 0 Å². The highest BCUT2D eigenvalue weighted by molar-refractivity contribution is 5.96. The van der Waals surface area contributed by atoms with Crippen LogP contribution in [0.25, 0.3) is 0 Å². The van der Waals surface area contributed by atoms with Gasteiger partial charge < -0.3 is 4.42 Å². The van der Waals surface area contributed by atoms with E-state index in [9.17, 15) is 20.2 Å². The zero-order valence-electron chi connectivity index (χ0n) is 10.8. The Morgan fingerprint density at radius 1 is 1.19 bits per heavy atom. The SMILES string of the molecule is CC(=NNc1cccc([N+](=O)[O-])c1)c1ccc([N+](=O)[O-])o1. The number of benzene rings is 1. The van der Waals surface area contributed by atoms with Crippen LogP contribution in [0.4, 0.5) is 17.3 Å². The lowest BCUT2D eigenvalue weighted by Crippen LogP contribution is -1.98. The van der Waals surface area contributed by atoms with E-state index in [-0.39, 0.29) is 17.3 Å². The highest BCUT2D eigenvalue weighted by Crippen LogP contribution is 2.18. The van der Waals surface area contributed by atoms with Crippen LogP contribution < -0.4 is 5.43 Å². The third-order valence-corrected chi connectivity index (χ3v) is 2.54. The summed E-state index contributed by atoms with van der Waals surface area (Å²) in [5, 5.41) is 25.1. The van der Waals surface area contributed by atoms with Crippen molar-refractivity contribution in [1.29, 1.82) is 0 Å². The van der Waals surface area contributed by atoms with E-state index in [4.69, 9.17) is 4.42 Å². The van der Waals surface area contributed by atoms with E-state index >= 15 is 0 Å². The van der Waals surface area contributed by atoms with Gasteiger partial charge in [0.1, 0.15) is 10.6 Å². The Kier molecular flexibility index (Phi) is 3.93. The van der Waals surface area contributed by atoms with Gasteiger partial charge in [0.25, 0.3) is 5.69 Å². The zero-order chi connectivity index (χ0) is 15.4. The predicted molar refractivity (Wildman–Crippen MR) is 74.3 cm³/mol. The monoisotopic (exact) mass is 290 g/mol. The second-order valence-electron chi connectivity index (χ2n) is 4.01. The first kappa shape index (κ1) is 14.2. The molecule has 0 bridgehead atoms. The fraction of sp³-hybridized carbons (Fsp3) is 0.0833. The number of nitro groups is 2. The van der Waals surface area contributed by atoms with Gasteiger partial charge in [0, 0.05) is 12.1 Å². The van der Waals surface area contributed by atoms with E-state index in [2.05, 4.69) is 10.5 Å². The number of hydrogen-bond donors (Lipinski definition) is 1. The highest BCUT2D eigenvalue weighted by Gasteiger charge is 2.13. The summed E-state index contributed by atoms with van der Waals surface area (Å²) in [7, 11) is 0. The number of anilines is 1. The van der Waals surface area contributed by atoms with Gasteiger partial charge >= 0.3 is 5.88 Å². The number of hydrazone groups is 1. The third kappa shape index (κ3) is 3.41. The molecule has 108 valence electrons. The molecule has 2 aromatic rings. The fourth-order valence-electron chi connectivity index (χ4n) is 1.51. The lowest BCUT2D eigenvalue weighted by atomic mass is 10.3. The molecule has 9 nitrogen and oxygen atoms in total. The summed E-state index contributed by atoms with van der Waals surface area (Å²) in [5.74, 6) is -0.144. The number of rotatable bonds is 5. The van der Waals surface area contributed by atoms with Crippen LogP contribution in [-0.4, -0.2) is 15.6 Å². The minimum atomic E-state index is -0.648. The number of nitrogens with zero attached hydrogens (tertiary/aromatic N) is 3. The van der Waals surface area contributed by atoms with Gasteiger partial charge in [-0.05, 0) is 19.1 Å². The van der Waals surface area contributed by atoms with Crippen molar-refractivity contribution < 1.29 is 14.3 Å². The van der Waals surface area contributed by atoms with Crippen molar-refractivity contribution in [3.63, 3.8) is 0 Å². The van der Waals surface area contributed by atoms with Gasteiger partial charge in [-0.1, -0.05) is 6.07 Å². The summed E-state index contributed by atoms with van der Waals surface area (Å²) in [6, 6.07) is 8.45. The summed E-state index contributed by atoms with van der Waals surface area (Å²) in [6.07, 6.45) is 0. The van der Waals surface area contributed by atoms with Crippen LogP contribution in [0.2, 0.25) is 0 Å². The molecule has 0 saturated heterocycles. The van der Waals surface area contributed by atoms with E-state index < -0.39 is 9.85 Å². The second kappa shape index (κ2) is 5.82. The molecule has 0 aliphatic heterocycles. The molecule has 0 unspecified atom stereocenters. The van der Waals surface area contributed by atoms with Gasteiger partial charge in [-0.3, -0.25) is 25.7 Å². The van der Waals surface area contributed by atoms with E-state index in [0.717, 1.165) is 0 Å². The quantitative estimate of drug-likeness (QED) is 0.512. The molecule has 9 heteroatoms. The first-order valence-electron chi connectivity index (χ1n) is 5.77. The molecule has 0 aliphatic carbocycles. The average molecular weight is 290 g/mol. The van der Waals surface area contributed by atoms with Crippen LogP contribution in [0.5, 0.6) is 0 Å². The van der Waals surface area contributed by atoms with Gasteiger partial charge in [-0.25, -0.2) is 0 Å². The third-order valence-electron chi connectivity index (χ3n) is 2.54. The number of nitro benzene ring substituents is 1. The van der Waals surface area contributed by atoms with Gasteiger partial charge in [0.2, 0.25) is 0 Å². The van der Waals surface area contributed by atoms with E-state index in [1.165, 1.54) is 30.3 Å². The summed E-state index contributed by atoms with van der Waals surface area (Å²) in [4.78, 5) is 20.0. The summed E-state index contributed by atoms with van der Waals surface area (Å²) in [6.45, 7) is 1.59. The van der Waals surface area contributed by atoms with Crippen LogP contribution in [0, 0.1) is 20.2 Å². The maximum absolute atomic E-state index is 10.6. The van der Waals surface area contributed by atoms with Crippen LogP contribution >= 0.6 is 0 Å². The summed E-state index contributed by atoms with van der Waals surface area (Å²) >= 11 is 0. The standard InChI is InChI=1S/C12H10N4O5/c1-8(11-5-6-12(21-11)16(19)20)13-14-9-3-2-4-10(7-9)15(17)18/h2-7,14H,1H3. The van der Waals surface area contributed by atoms with Crippen molar-refractivity contribution in [3.8, 4) is 0 Å². The molecule has 0 fully saturated rings. The Bertz CT molecular complexity index is 722. The Balaban J connectivity index is 2.14. The molecule has 0 amide bonds. The molecule has 1 heterocycles. The number of non-ortho nitro benzene ring substituents is 1. The minimum Gasteiger partial charge on any atom is -0.399 e. The van der Waals surface area contributed by atoms with Crippen molar-refractivity contribution in [2.45, 2.75) is 6.92 Å². The van der Waals surface area contributed by atoms with Crippen LogP contribution in [0.1, 0.15) is 12.7 Å². The van der Waals surface area contributed by atoms with Gasteiger partial charge in [0.15, 0.2) is 5.76 Å². The van der Waals surface area contributed by atoms with Crippen molar-refractivity contribution in [2.24, 2.45) is 5.10 Å². The Labute approximate surface area is 118 Å². The van der Waals surface area contributed by atoms with Crippen LogP contribution in [-0.2, 0) is 0 Å². The maximum atomic E-state index is 10.6. The average Bonchev–Trinajstić information content (AvgIpc) is 2.95. The molecule has 0 spiro atoms. The maximum Gasteiger partial charge on any atom is 0.433 e. The summed E-state index contributed by atoms with van der Waals surface area (Å²) in [5.41, 5.74) is 3.35. The smallest absolute Gasteiger partial charge is 0.399 e. The summed E-state index contributed by atoms with van der Waals surface area (Å²) < 4.78 is 4.98. The van der Waals surface area contributed by atoms with E-state index in [1.54, 1.807) is 13.0 Å². The molecular weight excluding hydrogens is 280 g/mol. The Morgan fingerprint density at radius 2 is 1.95 bits per heavy atom. The zero-order valence-corrected chi connectivity index (χ0v) is 10.8. The van der Waals surface area contributed by atoms with E-state index in [0.29, 0.717) is 11.4 Å². The van der Waals surface area contributed by atoms with Crippen LogP contribution in [0.3, 0.4) is 0 Å². The van der Waals surface area contributed by atoms with Gasteiger partial charge in [0.05, 0.1) is 16.7 Å². The van der Waals surface area contributed by atoms with Gasteiger partial charge in [-0.2, -0.15) is 5.10 Å². The second-order valence-corrected chi connectivity index (χ2v) is 4.01. The number of nitrogens with one attached hydrogen (secondary N) is 1. The molecule has 2 rings (SSSR count). The van der Waals surface area contributed by atoms with E-state index in [1.807, 2.05) is 0 Å². The highest BCUT2D eigenvalue weighted by atomic mass is 16.6. The molecule has 0 aliphatic rings. The molecule has 21 heavy (non-hydrogen) atoms. The largest absolute Gasteiger partial charge is 0.433 e. The lowest BCUT2D eigenvalue weighted by molar-refractivity contribution is -0.402. The Morgan fingerprint density at radius 3 is 2.57 bits per heavy atom. The molecular formula is C12H10N4O5. The normalized spacial score (nSPS) is 11.2. The fourth-order valence-corrected chi connectivity index (χ4v) is 1.51. The first-order valence-corrected chi connectivity index (χ1v) is 5.77.